The largest absolute Gasteiger partial charge is 0.385 e. The smallest absolute Gasteiger partial charge is 0.236 e. The van der Waals surface area contributed by atoms with Crippen molar-refractivity contribution in [3.8, 4) is 0 Å². The van der Waals surface area contributed by atoms with Crippen molar-refractivity contribution in [1.82, 2.24) is 16.0 Å². The number of likely N-dealkylation sites (N-methyl/N-ethyl adjacent to an activating group) is 1. The van der Waals surface area contributed by atoms with E-state index in [0.717, 1.165) is 6.42 Å². The van der Waals surface area contributed by atoms with Gasteiger partial charge in [0.15, 0.2) is 0 Å². The van der Waals surface area contributed by atoms with E-state index in [0.29, 0.717) is 13.2 Å². The lowest BCUT2D eigenvalue weighted by Gasteiger charge is -2.18. The van der Waals surface area contributed by atoms with Gasteiger partial charge in [-0.05, 0) is 20.3 Å². The van der Waals surface area contributed by atoms with E-state index in [1.165, 1.54) is 0 Å². The molecule has 2 atom stereocenters. The average Bonchev–Trinajstić information content (AvgIpc) is 2.32. The first kappa shape index (κ1) is 15.9. The molecule has 100 valence electrons. The molecule has 0 aliphatic heterocycles. The Hall–Kier alpha value is -1.14. The van der Waals surface area contributed by atoms with Gasteiger partial charge in [-0.1, -0.05) is 0 Å². The van der Waals surface area contributed by atoms with Gasteiger partial charge >= 0.3 is 0 Å². The fraction of sp³-hybridized carbons (Fsp3) is 0.818. The van der Waals surface area contributed by atoms with Gasteiger partial charge < -0.3 is 15.4 Å². The highest BCUT2D eigenvalue weighted by atomic mass is 16.5. The molecule has 0 fully saturated rings. The maximum absolute atomic E-state index is 11.6. The molecule has 0 aromatic rings. The molecular formula is C11H23N3O3. The minimum atomic E-state index is -0.398. The standard InChI is InChI=1S/C11H23N3O3/c1-8(10(15)12-3)14-9(2)11(16)13-6-5-7-17-4/h8-9,14H,5-7H2,1-4H3,(H,12,15)(H,13,16). The van der Waals surface area contributed by atoms with Gasteiger partial charge in [0.25, 0.3) is 0 Å². The summed E-state index contributed by atoms with van der Waals surface area (Å²) >= 11 is 0. The molecule has 17 heavy (non-hydrogen) atoms. The second kappa shape index (κ2) is 8.95. The summed E-state index contributed by atoms with van der Waals surface area (Å²) in [6.45, 7) is 4.64. The van der Waals surface area contributed by atoms with Crippen LogP contribution in [0.5, 0.6) is 0 Å². The van der Waals surface area contributed by atoms with Gasteiger partial charge in [0.2, 0.25) is 11.8 Å². The second-order valence-corrected chi connectivity index (χ2v) is 3.86. The Labute approximate surface area is 102 Å². The molecular weight excluding hydrogens is 222 g/mol. The monoisotopic (exact) mass is 245 g/mol. The molecule has 0 spiro atoms. The summed E-state index contributed by atoms with van der Waals surface area (Å²) < 4.78 is 4.87. The lowest BCUT2D eigenvalue weighted by molar-refractivity contribution is -0.124. The molecule has 2 amide bonds. The summed E-state index contributed by atoms with van der Waals surface area (Å²) in [7, 11) is 3.19. The number of carbonyl (C=O) groups excluding carboxylic acids is 2. The third-order valence-electron chi connectivity index (χ3n) is 2.36. The molecule has 3 N–H and O–H groups in total. The SMILES string of the molecule is CNC(=O)C(C)NC(C)C(=O)NCCCOC. The van der Waals surface area contributed by atoms with Crippen molar-refractivity contribution in [1.29, 1.82) is 0 Å². The first-order chi connectivity index (χ1) is 8.02. The molecule has 0 saturated heterocycles. The first-order valence-corrected chi connectivity index (χ1v) is 5.77. The van der Waals surface area contributed by atoms with E-state index in [1.807, 2.05) is 0 Å². The maximum atomic E-state index is 11.6. The summed E-state index contributed by atoms with van der Waals surface area (Å²) in [5.41, 5.74) is 0. The number of methoxy groups -OCH3 is 1. The van der Waals surface area contributed by atoms with E-state index in [9.17, 15) is 9.59 Å². The van der Waals surface area contributed by atoms with Crippen LogP contribution in [0.25, 0.3) is 0 Å². The zero-order chi connectivity index (χ0) is 13.3. The summed E-state index contributed by atoms with van der Waals surface area (Å²) in [4.78, 5) is 22.9. The molecule has 0 aromatic heterocycles. The van der Waals surface area contributed by atoms with Crippen LogP contribution in [0.15, 0.2) is 0 Å². The van der Waals surface area contributed by atoms with Crippen LogP contribution in [0.2, 0.25) is 0 Å². The molecule has 0 aromatic carbocycles. The van der Waals surface area contributed by atoms with Crippen molar-refractivity contribution in [2.24, 2.45) is 0 Å². The van der Waals surface area contributed by atoms with Crippen LogP contribution >= 0.6 is 0 Å². The second-order valence-electron chi connectivity index (χ2n) is 3.86. The molecule has 0 rings (SSSR count). The van der Waals surface area contributed by atoms with Crippen molar-refractivity contribution in [2.45, 2.75) is 32.4 Å². The molecule has 0 aliphatic carbocycles. The van der Waals surface area contributed by atoms with Gasteiger partial charge in [-0.25, -0.2) is 0 Å². The molecule has 0 heterocycles. The fourth-order valence-electron chi connectivity index (χ4n) is 1.32. The van der Waals surface area contributed by atoms with E-state index < -0.39 is 6.04 Å². The predicted octanol–water partition coefficient (Wildman–Crippen LogP) is -0.748. The molecule has 6 heteroatoms. The Bertz CT molecular complexity index is 246. The Morgan fingerprint density at radius 2 is 1.76 bits per heavy atom. The van der Waals surface area contributed by atoms with Gasteiger partial charge in [0, 0.05) is 27.3 Å². The average molecular weight is 245 g/mol. The van der Waals surface area contributed by atoms with Gasteiger partial charge in [0.05, 0.1) is 12.1 Å². The third-order valence-corrected chi connectivity index (χ3v) is 2.36. The van der Waals surface area contributed by atoms with Crippen molar-refractivity contribution in [3.05, 3.63) is 0 Å². The van der Waals surface area contributed by atoms with E-state index in [1.54, 1.807) is 28.0 Å². The quantitative estimate of drug-likeness (QED) is 0.492. The lowest BCUT2D eigenvalue weighted by Crippen LogP contribution is -2.50. The van der Waals surface area contributed by atoms with Crippen molar-refractivity contribution in [2.75, 3.05) is 27.3 Å². The van der Waals surface area contributed by atoms with Crippen LogP contribution in [0.1, 0.15) is 20.3 Å². The summed E-state index contributed by atoms with van der Waals surface area (Å²) in [5.74, 6) is -0.249. The lowest BCUT2D eigenvalue weighted by atomic mass is 10.2. The van der Waals surface area contributed by atoms with Gasteiger partial charge in [0.1, 0.15) is 0 Å². The third kappa shape index (κ3) is 6.91. The zero-order valence-electron chi connectivity index (χ0n) is 11.0. The van der Waals surface area contributed by atoms with Crippen molar-refractivity contribution < 1.29 is 14.3 Å². The first-order valence-electron chi connectivity index (χ1n) is 5.77. The van der Waals surface area contributed by atoms with Gasteiger partial charge in [-0.2, -0.15) is 0 Å². The zero-order valence-corrected chi connectivity index (χ0v) is 11.0. The molecule has 0 radical (unpaired) electrons. The molecule has 2 unspecified atom stereocenters. The Morgan fingerprint density at radius 1 is 1.18 bits per heavy atom. The van der Waals surface area contributed by atoms with E-state index >= 15 is 0 Å². The number of hydrogen-bond donors (Lipinski definition) is 3. The Kier molecular flexibility index (Phi) is 8.35. The summed E-state index contributed by atoms with van der Waals surface area (Å²) in [5, 5.41) is 8.20. The van der Waals surface area contributed by atoms with Crippen LogP contribution < -0.4 is 16.0 Å². The Morgan fingerprint density at radius 3 is 2.29 bits per heavy atom. The fourth-order valence-corrected chi connectivity index (χ4v) is 1.32. The van der Waals surface area contributed by atoms with E-state index in [-0.39, 0.29) is 17.9 Å². The molecule has 6 nitrogen and oxygen atoms in total. The molecule has 0 saturated carbocycles. The Balaban J connectivity index is 3.84. The number of amides is 2. The highest BCUT2D eigenvalue weighted by Crippen LogP contribution is 1.89. The van der Waals surface area contributed by atoms with Crippen LogP contribution in [0.4, 0.5) is 0 Å². The van der Waals surface area contributed by atoms with Crippen LogP contribution in [0, 0.1) is 0 Å². The number of rotatable bonds is 8. The van der Waals surface area contributed by atoms with E-state index in [2.05, 4.69) is 16.0 Å². The minimum Gasteiger partial charge on any atom is -0.385 e. The number of ether oxygens (including phenoxy) is 1. The minimum absolute atomic E-state index is 0.114. The summed E-state index contributed by atoms with van der Waals surface area (Å²) in [6.07, 6.45) is 0.778. The number of carbonyl (C=O) groups is 2. The normalized spacial score (nSPS) is 13.9. The number of nitrogens with one attached hydrogen (secondary N) is 3. The van der Waals surface area contributed by atoms with Crippen molar-refractivity contribution >= 4 is 11.8 Å². The number of hydrogen-bond acceptors (Lipinski definition) is 4. The van der Waals surface area contributed by atoms with Gasteiger partial charge in [-0.3, -0.25) is 14.9 Å². The van der Waals surface area contributed by atoms with Crippen LogP contribution in [-0.4, -0.2) is 51.2 Å². The maximum Gasteiger partial charge on any atom is 0.236 e. The van der Waals surface area contributed by atoms with E-state index in [4.69, 9.17) is 4.74 Å². The topological polar surface area (TPSA) is 79.5 Å². The molecule has 0 bridgehead atoms. The van der Waals surface area contributed by atoms with Crippen molar-refractivity contribution in [3.63, 3.8) is 0 Å². The highest BCUT2D eigenvalue weighted by molar-refractivity contribution is 5.84. The highest BCUT2D eigenvalue weighted by Gasteiger charge is 2.18. The van der Waals surface area contributed by atoms with Crippen LogP contribution in [0.3, 0.4) is 0 Å². The molecule has 0 aliphatic rings. The van der Waals surface area contributed by atoms with Gasteiger partial charge in [-0.15, -0.1) is 0 Å². The van der Waals surface area contributed by atoms with Crippen LogP contribution in [-0.2, 0) is 14.3 Å². The predicted molar refractivity (Wildman–Crippen MR) is 65.6 cm³/mol. The summed E-state index contributed by atoms with van der Waals surface area (Å²) in [6, 6.07) is -0.787.